The van der Waals surface area contributed by atoms with Gasteiger partial charge in [0.25, 0.3) is 0 Å². The Morgan fingerprint density at radius 1 is 1.25 bits per heavy atom. The molecule has 0 aliphatic rings. The summed E-state index contributed by atoms with van der Waals surface area (Å²) in [5.41, 5.74) is 1.41. The van der Waals surface area contributed by atoms with Crippen LogP contribution in [0.2, 0.25) is 0 Å². The van der Waals surface area contributed by atoms with Crippen LogP contribution in [0.5, 0.6) is 5.75 Å². The number of nitrogens with zero attached hydrogens (tertiary/aromatic N) is 5. The molecule has 2 aromatic heterocycles. The number of aromatic nitrogens is 5. The van der Waals surface area contributed by atoms with Gasteiger partial charge >= 0.3 is 0 Å². The van der Waals surface area contributed by atoms with Gasteiger partial charge in [-0.25, -0.2) is 0 Å². The molecule has 0 aliphatic heterocycles. The molecule has 3 aromatic rings. The quantitative estimate of drug-likeness (QED) is 0.484. The molecule has 0 atom stereocenters. The Labute approximate surface area is 143 Å². The van der Waals surface area contributed by atoms with Gasteiger partial charge in [-0.05, 0) is 41.6 Å². The maximum atomic E-state index is 12.3. The third-order valence-electron chi connectivity index (χ3n) is 3.40. The normalized spacial score (nSPS) is 10.8. The maximum Gasteiger partial charge on any atom is 0.214 e. The number of carbonyl (C=O) groups excluding carboxylic acids is 1. The topological polar surface area (TPSA) is 74.8 Å². The number of rotatable bonds is 7. The zero-order valence-electron chi connectivity index (χ0n) is 13.4. The van der Waals surface area contributed by atoms with Crippen molar-refractivity contribution in [3.8, 4) is 11.4 Å². The molecule has 0 bridgehead atoms. The fourth-order valence-corrected chi connectivity index (χ4v) is 3.04. The number of benzene rings is 1. The Bertz CT molecular complexity index is 842. The maximum absolute atomic E-state index is 12.3. The summed E-state index contributed by atoms with van der Waals surface area (Å²) >= 11 is 1.30. The van der Waals surface area contributed by atoms with E-state index in [1.54, 1.807) is 15.3 Å². The van der Waals surface area contributed by atoms with Crippen LogP contribution in [-0.2, 0) is 7.05 Å². The number of para-hydroxylation sites is 2. The van der Waals surface area contributed by atoms with Gasteiger partial charge in [0.15, 0.2) is 5.78 Å². The van der Waals surface area contributed by atoms with Crippen LogP contribution in [0.25, 0.3) is 5.69 Å². The Hall–Kier alpha value is -2.61. The van der Waals surface area contributed by atoms with E-state index < -0.39 is 0 Å². The first-order valence-electron chi connectivity index (χ1n) is 7.48. The second-order valence-corrected chi connectivity index (χ2v) is 5.93. The zero-order valence-corrected chi connectivity index (χ0v) is 14.2. The number of hydrogen-bond acceptors (Lipinski definition) is 6. The molecule has 124 valence electrons. The molecular formula is C16H17N5O2S. The van der Waals surface area contributed by atoms with Crippen molar-refractivity contribution in [3.63, 3.8) is 0 Å². The lowest BCUT2D eigenvalue weighted by Crippen LogP contribution is -2.09. The summed E-state index contributed by atoms with van der Waals surface area (Å²) in [5.74, 6) is 0.984. The van der Waals surface area contributed by atoms with Gasteiger partial charge in [0, 0.05) is 13.2 Å². The van der Waals surface area contributed by atoms with Crippen LogP contribution >= 0.6 is 11.8 Å². The van der Waals surface area contributed by atoms with Crippen molar-refractivity contribution in [2.75, 3.05) is 12.4 Å². The van der Waals surface area contributed by atoms with Crippen molar-refractivity contribution in [1.82, 2.24) is 24.8 Å². The zero-order chi connectivity index (χ0) is 16.9. The van der Waals surface area contributed by atoms with Gasteiger partial charge in [0.1, 0.15) is 11.4 Å². The summed E-state index contributed by atoms with van der Waals surface area (Å²) in [6.45, 7) is 2.47. The summed E-state index contributed by atoms with van der Waals surface area (Å²) < 4.78 is 9.01. The van der Waals surface area contributed by atoms with E-state index in [-0.39, 0.29) is 11.5 Å². The molecule has 0 spiro atoms. The van der Waals surface area contributed by atoms with Crippen molar-refractivity contribution in [2.24, 2.45) is 7.05 Å². The molecule has 3 rings (SSSR count). The van der Waals surface area contributed by atoms with Gasteiger partial charge in [-0.2, -0.15) is 4.68 Å². The number of tetrazole rings is 1. The molecule has 0 amide bonds. The number of ether oxygens (including phenoxy) is 1. The van der Waals surface area contributed by atoms with E-state index in [4.69, 9.17) is 4.74 Å². The summed E-state index contributed by atoms with van der Waals surface area (Å²) in [4.78, 5) is 12.3. The molecule has 0 saturated heterocycles. The molecule has 8 heteroatoms. The largest absolute Gasteiger partial charge is 0.492 e. The Morgan fingerprint density at radius 3 is 2.83 bits per heavy atom. The summed E-state index contributed by atoms with van der Waals surface area (Å²) in [7, 11) is 1.85. The average molecular weight is 343 g/mol. The monoisotopic (exact) mass is 343 g/mol. The van der Waals surface area contributed by atoms with E-state index in [2.05, 4.69) is 15.5 Å². The minimum atomic E-state index is 0.0279. The second kappa shape index (κ2) is 7.31. The van der Waals surface area contributed by atoms with Crippen LogP contribution in [0, 0.1) is 0 Å². The number of aryl methyl sites for hydroxylation is 1. The standard InChI is InChI=1S/C16H17N5O2S/c1-3-23-15-9-5-4-7-13(15)21-16(17-18-19-21)24-11-14(22)12-8-6-10-20(12)2/h4-10H,3,11H2,1-2H3. The number of carbonyl (C=O) groups is 1. The first-order chi connectivity index (χ1) is 11.7. The van der Waals surface area contributed by atoms with Gasteiger partial charge in [0.2, 0.25) is 5.16 Å². The minimum absolute atomic E-state index is 0.0279. The Kier molecular flexibility index (Phi) is 4.95. The average Bonchev–Trinajstić information content (AvgIpc) is 3.22. The Balaban J connectivity index is 1.79. The van der Waals surface area contributed by atoms with Crippen LogP contribution in [0.3, 0.4) is 0 Å². The fraction of sp³-hybridized carbons (Fsp3) is 0.250. The van der Waals surface area contributed by atoms with Gasteiger partial charge in [-0.3, -0.25) is 4.79 Å². The predicted molar refractivity (Wildman–Crippen MR) is 90.8 cm³/mol. The molecule has 0 aliphatic carbocycles. The Morgan fingerprint density at radius 2 is 2.08 bits per heavy atom. The lowest BCUT2D eigenvalue weighted by molar-refractivity contribution is 0.101. The highest BCUT2D eigenvalue weighted by Crippen LogP contribution is 2.26. The van der Waals surface area contributed by atoms with E-state index in [0.29, 0.717) is 23.2 Å². The number of hydrogen-bond donors (Lipinski definition) is 0. The van der Waals surface area contributed by atoms with Crippen LogP contribution < -0.4 is 4.74 Å². The summed E-state index contributed by atoms with van der Waals surface area (Å²) in [6.07, 6.45) is 1.85. The molecule has 24 heavy (non-hydrogen) atoms. The van der Waals surface area contributed by atoms with E-state index in [1.165, 1.54) is 11.8 Å². The van der Waals surface area contributed by atoms with Crippen molar-refractivity contribution < 1.29 is 9.53 Å². The van der Waals surface area contributed by atoms with Gasteiger partial charge < -0.3 is 9.30 Å². The second-order valence-electron chi connectivity index (χ2n) is 4.99. The molecule has 7 nitrogen and oxygen atoms in total. The van der Waals surface area contributed by atoms with E-state index >= 15 is 0 Å². The lowest BCUT2D eigenvalue weighted by Gasteiger charge is -2.10. The summed E-state index contributed by atoms with van der Waals surface area (Å²) in [5, 5.41) is 12.3. The van der Waals surface area contributed by atoms with E-state index in [0.717, 1.165) is 5.69 Å². The fourth-order valence-electron chi connectivity index (χ4n) is 2.28. The molecule has 0 saturated carbocycles. The molecule has 0 unspecified atom stereocenters. The molecule has 0 N–H and O–H groups in total. The molecular weight excluding hydrogens is 326 g/mol. The lowest BCUT2D eigenvalue weighted by atomic mass is 10.3. The predicted octanol–water partition coefficient (Wildman–Crippen LogP) is 2.37. The van der Waals surface area contributed by atoms with Crippen molar-refractivity contribution in [3.05, 3.63) is 48.3 Å². The smallest absolute Gasteiger partial charge is 0.214 e. The highest BCUT2D eigenvalue weighted by molar-refractivity contribution is 7.99. The molecule has 0 radical (unpaired) electrons. The van der Waals surface area contributed by atoms with Crippen LogP contribution in [0.1, 0.15) is 17.4 Å². The van der Waals surface area contributed by atoms with E-state index in [9.17, 15) is 4.79 Å². The van der Waals surface area contributed by atoms with Crippen LogP contribution in [0.4, 0.5) is 0 Å². The molecule has 2 heterocycles. The number of thioether (sulfide) groups is 1. The molecule has 1 aromatic carbocycles. The van der Waals surface area contributed by atoms with Gasteiger partial charge in [-0.15, -0.1) is 5.10 Å². The van der Waals surface area contributed by atoms with Crippen molar-refractivity contribution >= 4 is 17.5 Å². The third kappa shape index (κ3) is 3.33. The first-order valence-corrected chi connectivity index (χ1v) is 8.47. The van der Waals surface area contributed by atoms with E-state index in [1.807, 2.05) is 50.5 Å². The SMILES string of the molecule is CCOc1ccccc1-n1nnnc1SCC(=O)c1cccn1C. The highest BCUT2D eigenvalue weighted by Gasteiger charge is 2.16. The van der Waals surface area contributed by atoms with Gasteiger partial charge in [0.05, 0.1) is 18.1 Å². The minimum Gasteiger partial charge on any atom is -0.492 e. The number of Topliss-reactive ketones (excluding diaryl/α,β-unsaturated/α-hetero) is 1. The first kappa shape index (κ1) is 16.3. The third-order valence-corrected chi connectivity index (χ3v) is 4.32. The highest BCUT2D eigenvalue weighted by atomic mass is 32.2. The van der Waals surface area contributed by atoms with Gasteiger partial charge in [-0.1, -0.05) is 23.9 Å². The van der Waals surface area contributed by atoms with Crippen molar-refractivity contribution in [1.29, 1.82) is 0 Å². The van der Waals surface area contributed by atoms with Crippen LogP contribution in [-0.4, -0.2) is 42.9 Å². The number of ketones is 1. The van der Waals surface area contributed by atoms with Crippen molar-refractivity contribution in [2.45, 2.75) is 12.1 Å². The summed E-state index contributed by atoms with van der Waals surface area (Å²) in [6, 6.07) is 11.2. The van der Waals surface area contributed by atoms with Crippen LogP contribution in [0.15, 0.2) is 47.8 Å². The molecule has 0 fully saturated rings.